The first-order chi connectivity index (χ1) is 39.2. The van der Waals surface area contributed by atoms with Crippen LogP contribution in [0.1, 0.15) is 328 Å². The number of aliphatic hydroxyl groups is 7. The summed E-state index contributed by atoms with van der Waals surface area (Å²) in [6, 6.07) is -1.19. The van der Waals surface area contributed by atoms with Gasteiger partial charge in [-0.05, 0) is 77.0 Å². The number of carbonyl (C=O) groups excluding carboxylic acids is 1. The van der Waals surface area contributed by atoms with Crippen molar-refractivity contribution < 1.29 is 50.0 Å². The zero-order valence-electron chi connectivity index (χ0n) is 52.1. The van der Waals surface area contributed by atoms with Crippen molar-refractivity contribution in [1.82, 2.24) is 5.32 Å². The summed E-state index contributed by atoms with van der Waals surface area (Å²) in [4.78, 5) is 13.2. The molecule has 9 unspecified atom stereocenters. The van der Waals surface area contributed by atoms with Gasteiger partial charge in [-0.3, -0.25) is 4.79 Å². The van der Waals surface area contributed by atoms with Crippen LogP contribution in [0.15, 0.2) is 36.5 Å². The van der Waals surface area contributed by atoms with E-state index in [9.17, 15) is 40.5 Å². The number of allylic oxidation sites excluding steroid dienone is 6. The van der Waals surface area contributed by atoms with E-state index in [1.807, 2.05) is 0 Å². The lowest BCUT2D eigenvalue weighted by Crippen LogP contribution is -2.60. The molecular formula is C69H131NO10. The van der Waals surface area contributed by atoms with Crippen LogP contribution in [0.4, 0.5) is 0 Å². The Morgan fingerprint density at radius 2 is 0.750 bits per heavy atom. The Hall–Kier alpha value is -1.67. The molecule has 1 saturated heterocycles. The van der Waals surface area contributed by atoms with E-state index in [4.69, 9.17) is 9.47 Å². The molecule has 472 valence electrons. The van der Waals surface area contributed by atoms with E-state index in [-0.39, 0.29) is 12.8 Å². The Kier molecular flexibility index (Phi) is 55.1. The summed E-state index contributed by atoms with van der Waals surface area (Å²) in [6.45, 7) is 3.49. The normalized spacial score (nSPS) is 19.4. The highest BCUT2D eigenvalue weighted by Gasteiger charge is 2.44. The number of rotatable bonds is 60. The lowest BCUT2D eigenvalue weighted by molar-refractivity contribution is -0.303. The maximum absolute atomic E-state index is 13.2. The van der Waals surface area contributed by atoms with E-state index in [0.717, 1.165) is 38.5 Å². The molecule has 8 N–H and O–H groups in total. The standard InChI is InChI=1S/C69H131NO10/c1-3-5-7-9-11-13-15-17-19-21-23-25-27-29-31-33-34-36-38-40-42-44-46-48-50-52-54-56-61(72)64(74)60(59-79-69-67(77)66(76)65(75)63(58-71)80-69)70-68(78)62(73)57-55-53-51-49-47-45-43-41-39-37-35-32-30-28-26-24-22-20-18-16-14-12-10-8-6-4-2/h30,32,40,42,48,50,60-67,69,71-77H,3-29,31,33-39,41,43-47,49,51-59H2,1-2H3,(H,70,78)/b32-30-,42-40+,50-48+. The lowest BCUT2D eigenvalue weighted by atomic mass is 9.98. The second-order valence-corrected chi connectivity index (χ2v) is 24.2. The second-order valence-electron chi connectivity index (χ2n) is 24.2. The van der Waals surface area contributed by atoms with E-state index in [1.54, 1.807) is 0 Å². The largest absolute Gasteiger partial charge is 0.394 e. The summed E-state index contributed by atoms with van der Waals surface area (Å²) in [5, 5.41) is 76.4. The first-order valence-electron chi connectivity index (χ1n) is 34.4. The first kappa shape index (κ1) is 76.3. The smallest absolute Gasteiger partial charge is 0.249 e. The molecule has 0 aromatic carbocycles. The Bertz CT molecular complexity index is 1390. The van der Waals surface area contributed by atoms with Gasteiger partial charge in [-0.25, -0.2) is 0 Å². The summed E-state index contributed by atoms with van der Waals surface area (Å²) in [6.07, 6.45) is 62.3. The molecule has 0 aromatic heterocycles. The van der Waals surface area contributed by atoms with Gasteiger partial charge in [0.15, 0.2) is 6.29 Å². The number of amides is 1. The fourth-order valence-corrected chi connectivity index (χ4v) is 11.1. The number of carbonyl (C=O) groups is 1. The molecule has 1 heterocycles. The number of hydrogen-bond acceptors (Lipinski definition) is 10. The summed E-state index contributed by atoms with van der Waals surface area (Å²) in [5.74, 6) is -0.707. The number of hydrogen-bond donors (Lipinski definition) is 8. The first-order valence-corrected chi connectivity index (χ1v) is 34.4. The summed E-state index contributed by atoms with van der Waals surface area (Å²) in [5.41, 5.74) is 0. The van der Waals surface area contributed by atoms with Crippen molar-refractivity contribution in [1.29, 1.82) is 0 Å². The third kappa shape index (κ3) is 44.8. The van der Waals surface area contributed by atoms with Gasteiger partial charge in [-0.15, -0.1) is 0 Å². The van der Waals surface area contributed by atoms with Crippen LogP contribution >= 0.6 is 0 Å². The van der Waals surface area contributed by atoms with Gasteiger partial charge in [0.25, 0.3) is 0 Å². The number of ether oxygens (including phenoxy) is 2. The minimum Gasteiger partial charge on any atom is -0.394 e. The molecule has 0 bridgehead atoms. The molecule has 1 amide bonds. The predicted molar refractivity (Wildman–Crippen MR) is 335 cm³/mol. The Morgan fingerprint density at radius 3 is 1.11 bits per heavy atom. The number of unbranched alkanes of at least 4 members (excludes halogenated alkanes) is 42. The van der Waals surface area contributed by atoms with Crippen molar-refractivity contribution in [3.8, 4) is 0 Å². The monoisotopic (exact) mass is 1130 g/mol. The van der Waals surface area contributed by atoms with Crippen molar-refractivity contribution in [2.75, 3.05) is 13.2 Å². The van der Waals surface area contributed by atoms with Crippen LogP contribution in [-0.2, 0) is 14.3 Å². The van der Waals surface area contributed by atoms with Gasteiger partial charge < -0.3 is 50.5 Å². The number of nitrogens with one attached hydrogen (secondary N) is 1. The van der Waals surface area contributed by atoms with Crippen LogP contribution in [0.2, 0.25) is 0 Å². The van der Waals surface area contributed by atoms with Crippen LogP contribution in [0.25, 0.3) is 0 Å². The Labute approximate surface area is 492 Å². The number of aliphatic hydroxyl groups excluding tert-OH is 7. The third-order valence-corrected chi connectivity index (χ3v) is 16.6. The van der Waals surface area contributed by atoms with Crippen LogP contribution in [0.5, 0.6) is 0 Å². The fraction of sp³-hybridized carbons (Fsp3) is 0.899. The third-order valence-electron chi connectivity index (χ3n) is 16.6. The molecule has 1 aliphatic heterocycles. The lowest BCUT2D eigenvalue weighted by Gasteiger charge is -2.40. The predicted octanol–water partition coefficient (Wildman–Crippen LogP) is 16.2. The molecule has 80 heavy (non-hydrogen) atoms. The van der Waals surface area contributed by atoms with E-state index in [2.05, 4.69) is 55.6 Å². The highest BCUT2D eigenvalue weighted by Crippen LogP contribution is 2.24. The Morgan fingerprint density at radius 1 is 0.425 bits per heavy atom. The maximum atomic E-state index is 13.2. The van der Waals surface area contributed by atoms with Gasteiger partial charge >= 0.3 is 0 Å². The quantitative estimate of drug-likeness (QED) is 0.0215. The van der Waals surface area contributed by atoms with Crippen molar-refractivity contribution in [3.05, 3.63) is 36.5 Å². The average Bonchev–Trinajstić information content (AvgIpc) is 3.48. The van der Waals surface area contributed by atoms with Gasteiger partial charge in [0.2, 0.25) is 5.91 Å². The summed E-state index contributed by atoms with van der Waals surface area (Å²) < 4.78 is 11.2. The summed E-state index contributed by atoms with van der Waals surface area (Å²) in [7, 11) is 0. The molecule has 0 spiro atoms. The zero-order valence-corrected chi connectivity index (χ0v) is 52.1. The maximum Gasteiger partial charge on any atom is 0.249 e. The average molecular weight is 1130 g/mol. The second kappa shape index (κ2) is 57.7. The van der Waals surface area contributed by atoms with E-state index in [1.165, 1.54) is 244 Å². The van der Waals surface area contributed by atoms with Crippen molar-refractivity contribution in [2.45, 2.75) is 384 Å². The summed E-state index contributed by atoms with van der Waals surface area (Å²) >= 11 is 0. The van der Waals surface area contributed by atoms with Gasteiger partial charge in [-0.1, -0.05) is 288 Å². The molecule has 11 heteroatoms. The topological polar surface area (TPSA) is 189 Å². The van der Waals surface area contributed by atoms with Crippen molar-refractivity contribution in [2.24, 2.45) is 0 Å². The highest BCUT2D eigenvalue weighted by molar-refractivity contribution is 5.80. The van der Waals surface area contributed by atoms with E-state index >= 15 is 0 Å². The zero-order chi connectivity index (χ0) is 58.2. The van der Waals surface area contributed by atoms with Crippen LogP contribution in [0, 0.1) is 0 Å². The molecule has 0 aromatic rings. The molecule has 11 nitrogen and oxygen atoms in total. The van der Waals surface area contributed by atoms with Gasteiger partial charge in [0, 0.05) is 0 Å². The van der Waals surface area contributed by atoms with Crippen LogP contribution < -0.4 is 5.32 Å². The molecule has 9 atom stereocenters. The molecule has 1 fully saturated rings. The van der Waals surface area contributed by atoms with Crippen molar-refractivity contribution >= 4 is 5.91 Å². The highest BCUT2D eigenvalue weighted by atomic mass is 16.7. The minimum absolute atomic E-state index is 0.247. The van der Waals surface area contributed by atoms with E-state index < -0.39 is 74.2 Å². The van der Waals surface area contributed by atoms with Gasteiger partial charge in [0.1, 0.15) is 36.6 Å². The van der Waals surface area contributed by atoms with Gasteiger partial charge in [0.05, 0.1) is 25.4 Å². The van der Waals surface area contributed by atoms with Crippen molar-refractivity contribution in [3.63, 3.8) is 0 Å². The molecule has 1 aliphatic rings. The molecule has 0 saturated carbocycles. The fourth-order valence-electron chi connectivity index (χ4n) is 11.1. The molecule has 0 radical (unpaired) electrons. The minimum atomic E-state index is -1.67. The Balaban J connectivity index is 2.25. The van der Waals surface area contributed by atoms with Gasteiger partial charge in [-0.2, -0.15) is 0 Å². The SMILES string of the molecule is CCCCCCCCCCCCCC/C=C\CCCCCCCCCCCCC(O)C(=O)NC(COC1OC(CO)C(O)C(O)C1O)C(O)C(O)CCC/C=C/CC/C=C/CCCCCCCCCCCCCCCCCCCC. The van der Waals surface area contributed by atoms with Crippen LogP contribution in [0.3, 0.4) is 0 Å². The molecule has 1 rings (SSSR count). The van der Waals surface area contributed by atoms with Crippen LogP contribution in [-0.4, -0.2) is 110 Å². The molecule has 0 aliphatic carbocycles. The molecular weight excluding hydrogens is 1000 g/mol. The van der Waals surface area contributed by atoms with E-state index in [0.29, 0.717) is 19.3 Å².